The minimum absolute atomic E-state index is 0.470. The van der Waals surface area contributed by atoms with Gasteiger partial charge in [0, 0.05) is 11.8 Å². The van der Waals surface area contributed by atoms with Crippen molar-refractivity contribution in [2.45, 2.75) is 77.6 Å². The molecule has 0 fully saturated rings. The summed E-state index contributed by atoms with van der Waals surface area (Å²) in [5.74, 6) is 0.558. The fourth-order valence-electron chi connectivity index (χ4n) is 2.59. The summed E-state index contributed by atoms with van der Waals surface area (Å²) in [6.45, 7) is -0.435. The van der Waals surface area contributed by atoms with Gasteiger partial charge >= 0.3 is 6.72 Å². The Hall–Kier alpha value is -0.410. The van der Waals surface area contributed by atoms with Gasteiger partial charge in [-0.15, -0.1) is 0 Å². The molecule has 24 heavy (non-hydrogen) atoms. The zero-order chi connectivity index (χ0) is 17.5. The third kappa shape index (κ3) is 12.0. The summed E-state index contributed by atoms with van der Waals surface area (Å²) in [7, 11) is 0. The number of hydrogen-bond acceptors (Lipinski definition) is 3. The molecule has 0 bridgehead atoms. The Morgan fingerprint density at radius 2 is 1.33 bits per heavy atom. The first-order valence-electron chi connectivity index (χ1n) is 9.36. The lowest BCUT2D eigenvalue weighted by atomic mass is 10.1. The molecule has 0 spiro atoms. The van der Waals surface area contributed by atoms with Gasteiger partial charge in [-0.05, 0) is 18.6 Å². The van der Waals surface area contributed by atoms with Crippen molar-refractivity contribution < 1.29 is 13.9 Å². The van der Waals surface area contributed by atoms with Gasteiger partial charge in [0.2, 0.25) is 0 Å². The summed E-state index contributed by atoms with van der Waals surface area (Å²) in [5, 5.41) is 0. The van der Waals surface area contributed by atoms with Crippen LogP contribution in [0.15, 0.2) is 30.3 Å². The molecule has 3 nitrogen and oxygen atoms in total. The van der Waals surface area contributed by atoms with Crippen LogP contribution in [0.5, 0.6) is 5.75 Å². The predicted octanol–water partition coefficient (Wildman–Crippen LogP) is 6.61. The van der Waals surface area contributed by atoms with E-state index in [1.165, 1.54) is 57.8 Å². The van der Waals surface area contributed by atoms with Gasteiger partial charge in [-0.25, -0.2) is 0 Å². The summed E-state index contributed by atoms with van der Waals surface area (Å²) in [6, 6.07) is 9.11. The van der Waals surface area contributed by atoms with Gasteiger partial charge < -0.3 is 9.42 Å². The Bertz CT molecular complexity index is 453. The molecular formula is C19H33O3PS. The SMILES string of the molecule is CCCCCCCCCCCCCOP(O)(=S)Oc1ccccc1. The van der Waals surface area contributed by atoms with Crippen LogP contribution in [0.2, 0.25) is 0 Å². The van der Waals surface area contributed by atoms with E-state index in [9.17, 15) is 4.89 Å². The van der Waals surface area contributed by atoms with Crippen LogP contribution in [0, 0.1) is 0 Å². The average molecular weight is 373 g/mol. The van der Waals surface area contributed by atoms with Gasteiger partial charge in [0.1, 0.15) is 5.75 Å². The van der Waals surface area contributed by atoms with Crippen LogP contribution in [0.3, 0.4) is 0 Å². The topological polar surface area (TPSA) is 38.7 Å². The van der Waals surface area contributed by atoms with Crippen molar-refractivity contribution in [2.24, 2.45) is 0 Å². The minimum Gasteiger partial charge on any atom is -0.424 e. The molecule has 0 heterocycles. The Balaban J connectivity index is 1.93. The van der Waals surface area contributed by atoms with Gasteiger partial charge in [0.25, 0.3) is 0 Å². The highest BCUT2D eigenvalue weighted by atomic mass is 32.5. The van der Waals surface area contributed by atoms with E-state index in [2.05, 4.69) is 6.92 Å². The second kappa shape index (κ2) is 13.8. The highest BCUT2D eigenvalue weighted by Crippen LogP contribution is 2.44. The zero-order valence-electron chi connectivity index (χ0n) is 15.0. The second-order valence-corrected chi connectivity index (χ2v) is 9.00. The molecule has 5 heteroatoms. The summed E-state index contributed by atoms with van der Waals surface area (Å²) < 4.78 is 10.7. The standard InChI is InChI=1S/C19H33O3PS/c1-2-3-4-5-6-7-8-9-10-11-15-18-21-23(20,24)22-19-16-13-12-14-17-19/h12-14,16-17H,2-11,15,18H2,1H3,(H,20,24). The number of benzene rings is 1. The largest absolute Gasteiger partial charge is 0.424 e. The Morgan fingerprint density at radius 1 is 0.833 bits per heavy atom. The van der Waals surface area contributed by atoms with Crippen molar-refractivity contribution in [1.29, 1.82) is 0 Å². The van der Waals surface area contributed by atoms with E-state index in [1.807, 2.05) is 18.2 Å². The van der Waals surface area contributed by atoms with Crippen molar-refractivity contribution in [3.05, 3.63) is 30.3 Å². The van der Waals surface area contributed by atoms with Crippen LogP contribution in [0.25, 0.3) is 0 Å². The molecule has 1 rings (SSSR count). The Labute approximate surface area is 153 Å². The fraction of sp³-hybridized carbons (Fsp3) is 0.684. The molecule has 1 atom stereocenters. The van der Waals surface area contributed by atoms with Crippen molar-refractivity contribution >= 4 is 18.5 Å². The molecule has 138 valence electrons. The van der Waals surface area contributed by atoms with E-state index in [0.717, 1.165) is 12.8 Å². The zero-order valence-corrected chi connectivity index (χ0v) is 16.7. The summed E-state index contributed by atoms with van der Waals surface area (Å²) in [5.41, 5.74) is 0. The molecule has 0 aliphatic rings. The normalized spacial score (nSPS) is 13.6. The highest BCUT2D eigenvalue weighted by molar-refractivity contribution is 8.07. The summed E-state index contributed by atoms with van der Waals surface area (Å²) >= 11 is 5.03. The highest BCUT2D eigenvalue weighted by Gasteiger charge is 2.16. The number of hydrogen-bond donors (Lipinski definition) is 1. The first-order chi connectivity index (χ1) is 11.6. The Morgan fingerprint density at radius 3 is 1.88 bits per heavy atom. The number of unbranched alkanes of at least 4 members (excludes halogenated alkanes) is 10. The van der Waals surface area contributed by atoms with Gasteiger partial charge in [-0.1, -0.05) is 89.3 Å². The molecule has 0 amide bonds. The van der Waals surface area contributed by atoms with Crippen LogP contribution in [0.4, 0.5) is 0 Å². The van der Waals surface area contributed by atoms with E-state index in [1.54, 1.807) is 12.1 Å². The third-order valence-electron chi connectivity index (χ3n) is 3.97. The maximum Gasteiger partial charge on any atom is 0.377 e. The van der Waals surface area contributed by atoms with Crippen molar-refractivity contribution in [3.63, 3.8) is 0 Å². The lowest BCUT2D eigenvalue weighted by Crippen LogP contribution is -1.99. The maximum atomic E-state index is 10.0. The summed E-state index contributed by atoms with van der Waals surface area (Å²) in [6.07, 6.45) is 14.1. The van der Waals surface area contributed by atoms with E-state index < -0.39 is 6.72 Å². The molecule has 1 N–H and O–H groups in total. The van der Waals surface area contributed by atoms with Crippen molar-refractivity contribution in [2.75, 3.05) is 6.61 Å². The quantitative estimate of drug-likeness (QED) is 0.278. The monoisotopic (exact) mass is 372 g/mol. The fourth-order valence-corrected chi connectivity index (χ4v) is 3.87. The molecule has 0 saturated carbocycles. The first-order valence-corrected chi connectivity index (χ1v) is 11.9. The molecule has 1 unspecified atom stereocenters. The molecule has 1 aromatic carbocycles. The van der Waals surface area contributed by atoms with Crippen LogP contribution >= 0.6 is 6.72 Å². The molecule has 0 saturated heterocycles. The predicted molar refractivity (Wildman–Crippen MR) is 106 cm³/mol. The van der Waals surface area contributed by atoms with Crippen LogP contribution in [0.1, 0.15) is 77.6 Å². The van der Waals surface area contributed by atoms with E-state index in [0.29, 0.717) is 12.4 Å². The molecule has 0 aliphatic heterocycles. The molecule has 0 aromatic heterocycles. The van der Waals surface area contributed by atoms with E-state index >= 15 is 0 Å². The molecular weight excluding hydrogens is 339 g/mol. The number of para-hydroxylation sites is 1. The maximum absolute atomic E-state index is 10.0. The first kappa shape index (κ1) is 21.6. The lowest BCUT2D eigenvalue weighted by Gasteiger charge is -2.16. The lowest BCUT2D eigenvalue weighted by molar-refractivity contribution is 0.250. The minimum atomic E-state index is -3.16. The van der Waals surface area contributed by atoms with E-state index in [4.69, 9.17) is 20.9 Å². The molecule has 1 aromatic rings. The third-order valence-corrected chi connectivity index (χ3v) is 5.46. The second-order valence-electron chi connectivity index (χ2n) is 6.24. The van der Waals surface area contributed by atoms with Crippen molar-refractivity contribution in [1.82, 2.24) is 0 Å². The van der Waals surface area contributed by atoms with Gasteiger partial charge in [-0.3, -0.25) is 4.52 Å². The van der Waals surface area contributed by atoms with Crippen LogP contribution in [-0.4, -0.2) is 11.5 Å². The summed E-state index contributed by atoms with van der Waals surface area (Å²) in [4.78, 5) is 10.0. The molecule has 0 radical (unpaired) electrons. The smallest absolute Gasteiger partial charge is 0.377 e. The number of rotatable bonds is 15. The average Bonchev–Trinajstić information content (AvgIpc) is 2.56. The van der Waals surface area contributed by atoms with Crippen LogP contribution in [-0.2, 0) is 16.3 Å². The van der Waals surface area contributed by atoms with Crippen LogP contribution < -0.4 is 4.52 Å². The Kier molecular flexibility index (Phi) is 12.5. The van der Waals surface area contributed by atoms with Gasteiger partial charge in [0.15, 0.2) is 0 Å². The van der Waals surface area contributed by atoms with Gasteiger partial charge in [-0.2, -0.15) is 0 Å². The van der Waals surface area contributed by atoms with Crippen molar-refractivity contribution in [3.8, 4) is 5.75 Å². The molecule has 0 aliphatic carbocycles. The van der Waals surface area contributed by atoms with Gasteiger partial charge in [0.05, 0.1) is 6.61 Å². The van der Waals surface area contributed by atoms with E-state index in [-0.39, 0.29) is 0 Å².